The van der Waals surface area contributed by atoms with E-state index in [-0.39, 0.29) is 11.6 Å². The fraction of sp³-hybridized carbons (Fsp3) is 0.500. The van der Waals surface area contributed by atoms with E-state index in [9.17, 15) is 14.9 Å². The summed E-state index contributed by atoms with van der Waals surface area (Å²) in [6.45, 7) is 0.842. The highest BCUT2D eigenvalue weighted by molar-refractivity contribution is 7.20. The number of thiophene rings is 1. The Morgan fingerprint density at radius 3 is 2.79 bits per heavy atom. The minimum Gasteiger partial charge on any atom is -0.335 e. The Morgan fingerprint density at radius 2 is 1.96 bits per heavy atom. The first-order valence-corrected chi connectivity index (χ1v) is 9.44. The molecule has 1 saturated heterocycles. The quantitative estimate of drug-likeness (QED) is 0.590. The van der Waals surface area contributed by atoms with Gasteiger partial charge in [-0.2, -0.15) is 0 Å². The number of nitrogens with zero attached hydrogens (tertiary/aromatic N) is 2. The molecule has 1 aliphatic carbocycles. The summed E-state index contributed by atoms with van der Waals surface area (Å²) in [5, 5.41) is 11.7. The van der Waals surface area contributed by atoms with Crippen molar-refractivity contribution >= 4 is 33.0 Å². The number of hydrogen-bond donors (Lipinski definition) is 0. The number of nitro benzene ring substituents is 1. The lowest BCUT2D eigenvalue weighted by molar-refractivity contribution is -0.384. The van der Waals surface area contributed by atoms with Gasteiger partial charge in [0.2, 0.25) is 0 Å². The number of nitro groups is 1. The molecule has 2 atom stereocenters. The van der Waals surface area contributed by atoms with Crippen molar-refractivity contribution in [1.29, 1.82) is 0 Å². The molecular weight excluding hydrogens is 324 g/mol. The van der Waals surface area contributed by atoms with E-state index >= 15 is 0 Å². The summed E-state index contributed by atoms with van der Waals surface area (Å²) in [4.78, 5) is 26.4. The lowest BCUT2D eigenvalue weighted by atomic mass is 9.78. The van der Waals surface area contributed by atoms with Crippen LogP contribution in [0, 0.1) is 16.0 Å². The molecule has 0 N–H and O–H groups in total. The normalized spacial score (nSPS) is 23.9. The Hall–Kier alpha value is -1.95. The number of fused-ring (bicyclic) bond motifs is 2. The average molecular weight is 344 g/mol. The minimum atomic E-state index is -0.393. The van der Waals surface area contributed by atoms with Crippen molar-refractivity contribution in [1.82, 2.24) is 4.90 Å². The zero-order valence-corrected chi connectivity index (χ0v) is 14.3. The second-order valence-corrected chi connectivity index (χ2v) is 7.93. The number of benzene rings is 1. The highest BCUT2D eigenvalue weighted by Crippen LogP contribution is 2.37. The molecule has 4 rings (SSSR count). The van der Waals surface area contributed by atoms with E-state index in [0.717, 1.165) is 29.5 Å². The van der Waals surface area contributed by atoms with Crippen molar-refractivity contribution < 1.29 is 9.72 Å². The number of carbonyl (C=O) groups excluding carboxylic acids is 1. The van der Waals surface area contributed by atoms with Crippen LogP contribution in [-0.2, 0) is 0 Å². The van der Waals surface area contributed by atoms with Crippen LogP contribution in [0.3, 0.4) is 0 Å². The molecule has 1 aromatic carbocycles. The van der Waals surface area contributed by atoms with Gasteiger partial charge in [0.05, 0.1) is 9.80 Å². The summed E-state index contributed by atoms with van der Waals surface area (Å²) < 4.78 is 0.932. The molecule has 2 aliphatic rings. The number of hydrogen-bond acceptors (Lipinski definition) is 4. The van der Waals surface area contributed by atoms with Crippen LogP contribution in [0.25, 0.3) is 10.1 Å². The zero-order chi connectivity index (χ0) is 16.7. The van der Waals surface area contributed by atoms with Crippen LogP contribution in [-0.4, -0.2) is 28.3 Å². The van der Waals surface area contributed by atoms with E-state index in [1.807, 2.05) is 6.07 Å². The summed E-state index contributed by atoms with van der Waals surface area (Å²) in [6.07, 6.45) is 7.19. The highest BCUT2D eigenvalue weighted by Gasteiger charge is 2.36. The Morgan fingerprint density at radius 1 is 1.17 bits per heavy atom. The predicted molar refractivity (Wildman–Crippen MR) is 94.5 cm³/mol. The largest absolute Gasteiger partial charge is 0.335 e. The van der Waals surface area contributed by atoms with Crippen molar-refractivity contribution in [2.24, 2.45) is 5.92 Å². The third-order valence-electron chi connectivity index (χ3n) is 5.43. The van der Waals surface area contributed by atoms with Crippen LogP contribution >= 0.6 is 11.3 Å². The van der Waals surface area contributed by atoms with Gasteiger partial charge in [0.25, 0.3) is 11.6 Å². The van der Waals surface area contributed by atoms with Gasteiger partial charge in [0, 0.05) is 34.8 Å². The lowest BCUT2D eigenvalue weighted by Crippen LogP contribution is -2.49. The van der Waals surface area contributed by atoms with E-state index in [4.69, 9.17) is 0 Å². The fourth-order valence-electron chi connectivity index (χ4n) is 4.27. The molecule has 2 aromatic rings. The van der Waals surface area contributed by atoms with Crippen molar-refractivity contribution in [3.8, 4) is 0 Å². The summed E-state index contributed by atoms with van der Waals surface area (Å²) >= 11 is 1.45. The van der Waals surface area contributed by atoms with Crippen molar-refractivity contribution in [2.45, 2.75) is 44.6 Å². The van der Waals surface area contributed by atoms with Gasteiger partial charge in [-0.05, 0) is 43.7 Å². The van der Waals surface area contributed by atoms with Crippen LogP contribution < -0.4 is 0 Å². The maximum absolute atomic E-state index is 13.0. The van der Waals surface area contributed by atoms with Crippen LogP contribution in [0.15, 0.2) is 24.3 Å². The minimum absolute atomic E-state index is 0.0737. The molecule has 0 radical (unpaired) electrons. The summed E-state index contributed by atoms with van der Waals surface area (Å²) in [7, 11) is 0. The Balaban J connectivity index is 1.63. The van der Waals surface area contributed by atoms with Crippen LogP contribution in [0.1, 0.15) is 48.2 Å². The third-order valence-corrected chi connectivity index (χ3v) is 6.53. The lowest BCUT2D eigenvalue weighted by Gasteiger charge is -2.44. The van der Waals surface area contributed by atoms with E-state index in [2.05, 4.69) is 4.90 Å². The molecule has 1 saturated carbocycles. The van der Waals surface area contributed by atoms with Gasteiger partial charge < -0.3 is 4.90 Å². The highest BCUT2D eigenvalue weighted by atomic mass is 32.1. The molecule has 2 heterocycles. The number of non-ortho nitro benzene ring substituents is 1. The number of amides is 1. The molecule has 5 nitrogen and oxygen atoms in total. The first kappa shape index (κ1) is 15.6. The number of rotatable bonds is 2. The second-order valence-electron chi connectivity index (χ2n) is 6.84. The van der Waals surface area contributed by atoms with Gasteiger partial charge in [0.1, 0.15) is 0 Å². The molecule has 126 valence electrons. The van der Waals surface area contributed by atoms with Gasteiger partial charge in [-0.3, -0.25) is 14.9 Å². The standard InChI is InChI=1S/C18H20N2O3S/c21-18(19-9-3-5-12-4-1-2-6-15(12)19)17-11-13-10-14(20(22)23)7-8-16(13)24-17/h7-8,10-12,15H,1-6,9H2/t12-,15+/m1/s1. The molecule has 0 spiro atoms. The second kappa shape index (κ2) is 6.16. The molecular formula is C18H20N2O3S. The molecule has 0 unspecified atom stereocenters. The van der Waals surface area contributed by atoms with Crippen LogP contribution in [0.2, 0.25) is 0 Å². The zero-order valence-electron chi connectivity index (χ0n) is 13.4. The van der Waals surface area contributed by atoms with Crippen LogP contribution in [0.4, 0.5) is 5.69 Å². The molecule has 1 aliphatic heterocycles. The Labute approximate surface area is 144 Å². The fourth-order valence-corrected chi connectivity index (χ4v) is 5.27. The van der Waals surface area contributed by atoms with Crippen molar-refractivity contribution in [3.05, 3.63) is 39.3 Å². The molecule has 0 bridgehead atoms. The third kappa shape index (κ3) is 2.69. The van der Waals surface area contributed by atoms with Crippen LogP contribution in [0.5, 0.6) is 0 Å². The maximum atomic E-state index is 13.0. The molecule has 6 heteroatoms. The first-order valence-electron chi connectivity index (χ1n) is 8.62. The molecule has 2 fully saturated rings. The SMILES string of the molecule is O=C(c1cc2cc([N+](=O)[O-])ccc2s1)N1CCC[C@H]2CCCC[C@@H]21. The van der Waals surface area contributed by atoms with E-state index in [1.54, 1.807) is 12.1 Å². The van der Waals surface area contributed by atoms with Gasteiger partial charge in [-0.25, -0.2) is 0 Å². The molecule has 24 heavy (non-hydrogen) atoms. The Bertz CT molecular complexity index is 799. The summed E-state index contributed by atoms with van der Waals surface area (Å²) in [6, 6.07) is 7.02. The predicted octanol–water partition coefficient (Wildman–Crippen LogP) is 4.60. The summed E-state index contributed by atoms with van der Waals surface area (Å²) in [5.41, 5.74) is 0.0737. The van der Waals surface area contributed by atoms with Gasteiger partial charge in [-0.15, -0.1) is 11.3 Å². The van der Waals surface area contributed by atoms with Gasteiger partial charge >= 0.3 is 0 Å². The van der Waals surface area contributed by atoms with E-state index in [1.165, 1.54) is 43.1 Å². The number of piperidine rings is 1. The van der Waals surface area contributed by atoms with Gasteiger partial charge in [0.15, 0.2) is 0 Å². The summed E-state index contributed by atoms with van der Waals surface area (Å²) in [5.74, 6) is 0.766. The average Bonchev–Trinajstić information content (AvgIpc) is 3.03. The Kier molecular flexibility index (Phi) is 4.00. The maximum Gasteiger partial charge on any atom is 0.270 e. The molecule has 1 amide bonds. The first-order chi connectivity index (χ1) is 11.6. The molecule has 1 aromatic heterocycles. The number of likely N-dealkylation sites (tertiary alicyclic amines) is 1. The van der Waals surface area contributed by atoms with E-state index in [0.29, 0.717) is 16.8 Å². The monoisotopic (exact) mass is 344 g/mol. The van der Waals surface area contributed by atoms with Gasteiger partial charge in [-0.1, -0.05) is 12.8 Å². The van der Waals surface area contributed by atoms with Crippen molar-refractivity contribution in [2.75, 3.05) is 6.54 Å². The van der Waals surface area contributed by atoms with Crippen molar-refractivity contribution in [3.63, 3.8) is 0 Å². The topological polar surface area (TPSA) is 63.4 Å². The smallest absolute Gasteiger partial charge is 0.270 e. The number of carbonyl (C=O) groups is 1. The van der Waals surface area contributed by atoms with E-state index < -0.39 is 4.92 Å².